The van der Waals surface area contributed by atoms with E-state index in [-0.39, 0.29) is 29.6 Å². The molecule has 1 spiro atoms. The highest BCUT2D eigenvalue weighted by molar-refractivity contribution is 5.96. The van der Waals surface area contributed by atoms with E-state index in [1.165, 1.54) is 12.5 Å². The van der Waals surface area contributed by atoms with Gasteiger partial charge in [-0.25, -0.2) is 9.97 Å². The number of carbonyl (C=O) groups is 2. The number of piperazine rings is 1. The van der Waals surface area contributed by atoms with Crippen molar-refractivity contribution in [2.45, 2.75) is 43.7 Å². The van der Waals surface area contributed by atoms with E-state index in [0.717, 1.165) is 55.7 Å². The molecule has 2 amide bonds. The molecule has 2 atom stereocenters. The molecular formula is C27H28ClN7O2. The van der Waals surface area contributed by atoms with E-state index < -0.39 is 0 Å². The van der Waals surface area contributed by atoms with Crippen molar-refractivity contribution >= 4 is 41.5 Å². The van der Waals surface area contributed by atoms with Crippen LogP contribution in [0.1, 0.15) is 42.1 Å². The first-order chi connectivity index (χ1) is 17.5. The average Bonchev–Trinajstić information content (AvgIpc) is 3.21. The highest BCUT2D eigenvalue weighted by atomic mass is 35.5. The molecule has 3 aliphatic heterocycles. The van der Waals surface area contributed by atoms with Gasteiger partial charge in [-0.15, -0.1) is 12.4 Å². The van der Waals surface area contributed by atoms with Crippen LogP contribution in [0.4, 0.5) is 17.3 Å². The summed E-state index contributed by atoms with van der Waals surface area (Å²) in [6, 6.07) is 10.5. The van der Waals surface area contributed by atoms with E-state index in [1.807, 2.05) is 23.1 Å². The third-order valence-corrected chi connectivity index (χ3v) is 7.99. The highest BCUT2D eigenvalue weighted by Gasteiger charge is 2.52. The third kappa shape index (κ3) is 4.02. The molecule has 9 nitrogen and oxygen atoms in total. The van der Waals surface area contributed by atoms with E-state index in [2.05, 4.69) is 36.6 Å². The van der Waals surface area contributed by atoms with Gasteiger partial charge in [-0.05, 0) is 49.1 Å². The molecule has 2 unspecified atom stereocenters. The molecule has 1 aromatic carbocycles. The molecule has 5 heterocycles. The molecule has 37 heavy (non-hydrogen) atoms. The van der Waals surface area contributed by atoms with Crippen molar-refractivity contribution in [1.82, 2.24) is 25.2 Å². The Labute approximate surface area is 221 Å². The topological polar surface area (TPSA) is 103 Å². The number of likely N-dealkylation sites (tertiary alicyclic amines) is 1. The predicted octanol–water partition coefficient (Wildman–Crippen LogP) is 3.29. The molecule has 190 valence electrons. The second-order valence-electron chi connectivity index (χ2n) is 10.4. The van der Waals surface area contributed by atoms with Crippen LogP contribution in [0.15, 0.2) is 48.9 Å². The quantitative estimate of drug-likeness (QED) is 0.547. The monoisotopic (exact) mass is 517 g/mol. The average molecular weight is 518 g/mol. The minimum atomic E-state index is -0.132. The van der Waals surface area contributed by atoms with Crippen molar-refractivity contribution in [2.75, 3.05) is 29.9 Å². The summed E-state index contributed by atoms with van der Waals surface area (Å²) < 4.78 is 0. The van der Waals surface area contributed by atoms with Crippen molar-refractivity contribution in [3.63, 3.8) is 0 Å². The largest absolute Gasteiger partial charge is 0.333 e. The van der Waals surface area contributed by atoms with Crippen LogP contribution in [-0.2, 0) is 10.2 Å². The van der Waals surface area contributed by atoms with Crippen molar-refractivity contribution < 1.29 is 9.59 Å². The van der Waals surface area contributed by atoms with Crippen LogP contribution >= 0.6 is 12.4 Å². The Hall–Kier alpha value is -3.56. The van der Waals surface area contributed by atoms with Gasteiger partial charge in [0, 0.05) is 85.1 Å². The maximum Gasteiger partial charge on any atom is 0.254 e. The van der Waals surface area contributed by atoms with Gasteiger partial charge in [-0.2, -0.15) is 0 Å². The standard InChI is InChI=1S/C27H27N7O2.ClH/c1-16(35)32-19-4-7-28-23(10-19)18-11-30-26(31-12-18)34-15-27(5-6-27)22-3-2-17(8-24(22)34)25(36)33-14-20-9-21(33)13-29-20;/h2-4,7-8,10-12,20-21,29H,5-6,9,13-15H2,1H3,(H,28,32,35);1H. The molecule has 2 saturated heterocycles. The van der Waals surface area contributed by atoms with Gasteiger partial charge in [0.25, 0.3) is 5.91 Å². The van der Waals surface area contributed by atoms with Crippen LogP contribution in [0.25, 0.3) is 11.3 Å². The summed E-state index contributed by atoms with van der Waals surface area (Å²) in [7, 11) is 0. The smallest absolute Gasteiger partial charge is 0.254 e. The van der Waals surface area contributed by atoms with Crippen molar-refractivity contribution in [3.8, 4) is 11.3 Å². The molecular weight excluding hydrogens is 490 g/mol. The Balaban J connectivity index is 0.00000252. The zero-order valence-corrected chi connectivity index (χ0v) is 21.3. The fraction of sp³-hybridized carbons (Fsp3) is 0.370. The SMILES string of the molecule is CC(=O)Nc1ccnc(-c2cnc(N3CC4(CC4)c4ccc(C(=O)N5CC6CC5CN6)cc43)nc2)c1.Cl. The number of carbonyl (C=O) groups excluding carboxylic acids is 2. The lowest BCUT2D eigenvalue weighted by Crippen LogP contribution is -2.46. The molecule has 3 aromatic rings. The van der Waals surface area contributed by atoms with Gasteiger partial charge in [0.15, 0.2) is 0 Å². The summed E-state index contributed by atoms with van der Waals surface area (Å²) in [4.78, 5) is 42.7. The van der Waals surface area contributed by atoms with Crippen molar-refractivity contribution in [2.24, 2.45) is 0 Å². The summed E-state index contributed by atoms with van der Waals surface area (Å²) in [5, 5.41) is 6.25. The number of pyridine rings is 1. The van der Waals surface area contributed by atoms with Crippen LogP contribution in [0.5, 0.6) is 0 Å². The summed E-state index contributed by atoms with van der Waals surface area (Å²) in [6.45, 7) is 3.98. The summed E-state index contributed by atoms with van der Waals surface area (Å²) >= 11 is 0. The van der Waals surface area contributed by atoms with Crippen LogP contribution in [0.2, 0.25) is 0 Å². The van der Waals surface area contributed by atoms with E-state index in [1.54, 1.807) is 24.7 Å². The van der Waals surface area contributed by atoms with Gasteiger partial charge >= 0.3 is 0 Å². The highest BCUT2D eigenvalue weighted by Crippen LogP contribution is 2.57. The molecule has 7 rings (SSSR count). The summed E-state index contributed by atoms with van der Waals surface area (Å²) in [6.07, 6.45) is 8.52. The van der Waals surface area contributed by atoms with E-state index in [0.29, 0.717) is 29.4 Å². The minimum Gasteiger partial charge on any atom is -0.333 e. The lowest BCUT2D eigenvalue weighted by atomic mass is 9.97. The number of halogens is 1. The van der Waals surface area contributed by atoms with E-state index in [4.69, 9.17) is 0 Å². The Bertz CT molecular complexity index is 1390. The maximum atomic E-state index is 13.4. The molecule has 2 aromatic heterocycles. The van der Waals surface area contributed by atoms with Crippen molar-refractivity contribution in [1.29, 1.82) is 0 Å². The number of amides is 2. The third-order valence-electron chi connectivity index (χ3n) is 7.99. The Morgan fingerprint density at radius 1 is 1.11 bits per heavy atom. The lowest BCUT2D eigenvalue weighted by Gasteiger charge is -2.28. The predicted molar refractivity (Wildman–Crippen MR) is 142 cm³/mol. The molecule has 2 bridgehead atoms. The number of nitrogens with one attached hydrogen (secondary N) is 2. The number of rotatable bonds is 4. The lowest BCUT2D eigenvalue weighted by molar-refractivity contribution is -0.114. The van der Waals surface area contributed by atoms with Crippen LogP contribution < -0.4 is 15.5 Å². The van der Waals surface area contributed by atoms with Gasteiger partial charge in [0.2, 0.25) is 11.9 Å². The number of anilines is 3. The number of hydrogen-bond donors (Lipinski definition) is 2. The van der Waals surface area contributed by atoms with Gasteiger partial charge in [0.05, 0.1) is 5.69 Å². The fourth-order valence-electron chi connectivity index (χ4n) is 6.00. The van der Waals surface area contributed by atoms with E-state index in [9.17, 15) is 9.59 Å². The van der Waals surface area contributed by atoms with Gasteiger partial charge < -0.3 is 20.4 Å². The summed E-state index contributed by atoms with van der Waals surface area (Å²) in [5.41, 5.74) is 5.35. The Kier molecular flexibility index (Phi) is 5.65. The second kappa shape index (κ2) is 8.78. The Morgan fingerprint density at radius 2 is 1.92 bits per heavy atom. The first kappa shape index (κ1) is 23.8. The van der Waals surface area contributed by atoms with Gasteiger partial charge in [-0.3, -0.25) is 14.6 Å². The zero-order valence-electron chi connectivity index (χ0n) is 20.5. The number of nitrogens with zero attached hydrogens (tertiary/aromatic N) is 5. The van der Waals surface area contributed by atoms with Crippen molar-refractivity contribution in [3.05, 3.63) is 60.0 Å². The minimum absolute atomic E-state index is 0. The number of benzene rings is 1. The van der Waals surface area contributed by atoms with Crippen LogP contribution in [0.3, 0.4) is 0 Å². The molecule has 10 heteroatoms. The Morgan fingerprint density at radius 3 is 2.59 bits per heavy atom. The summed E-state index contributed by atoms with van der Waals surface area (Å²) in [5.74, 6) is 0.605. The second-order valence-corrected chi connectivity index (χ2v) is 10.4. The van der Waals surface area contributed by atoms with Gasteiger partial charge in [-0.1, -0.05) is 6.07 Å². The maximum absolute atomic E-state index is 13.4. The molecule has 1 aliphatic carbocycles. The zero-order chi connectivity index (χ0) is 24.4. The number of aromatic nitrogens is 3. The van der Waals surface area contributed by atoms with Crippen LogP contribution in [0, 0.1) is 0 Å². The molecule has 0 radical (unpaired) electrons. The number of hydrogen-bond acceptors (Lipinski definition) is 7. The first-order valence-electron chi connectivity index (χ1n) is 12.5. The molecule has 1 saturated carbocycles. The molecule has 2 N–H and O–H groups in total. The normalized spacial score (nSPS) is 22.1. The fourth-order valence-corrected chi connectivity index (χ4v) is 6.00. The van der Waals surface area contributed by atoms with Crippen LogP contribution in [-0.4, -0.2) is 63.4 Å². The molecule has 4 aliphatic rings. The first-order valence-corrected chi connectivity index (χ1v) is 12.5. The molecule has 3 fully saturated rings. The van der Waals surface area contributed by atoms with Gasteiger partial charge in [0.1, 0.15) is 0 Å². The van der Waals surface area contributed by atoms with E-state index >= 15 is 0 Å². The number of fused-ring (bicyclic) bond motifs is 4.